The van der Waals surface area contributed by atoms with Crippen molar-refractivity contribution in [1.82, 2.24) is 0 Å². The molecule has 0 aromatic rings. The van der Waals surface area contributed by atoms with Crippen LogP contribution in [-0.2, 0) is 14.6 Å². The number of carboxylic acids is 1. The van der Waals surface area contributed by atoms with Crippen LogP contribution in [-0.4, -0.2) is 24.3 Å². The Morgan fingerprint density at radius 3 is 2.91 bits per heavy atom. The topological polar surface area (TPSA) is 55.8 Å². The lowest BCUT2D eigenvalue weighted by atomic mass is 10.0. The van der Waals surface area contributed by atoms with Crippen molar-refractivity contribution in [3.8, 4) is 0 Å². The van der Waals surface area contributed by atoms with E-state index in [-0.39, 0.29) is 6.42 Å². The summed E-state index contributed by atoms with van der Waals surface area (Å²) in [5.74, 6) is -0.378. The van der Waals surface area contributed by atoms with E-state index in [9.17, 15) is 4.79 Å². The molecule has 1 fully saturated rings. The molecule has 1 atom stereocenters. The lowest BCUT2D eigenvalue weighted by molar-refractivity contribution is -0.324. The third-order valence-electron chi connectivity index (χ3n) is 1.76. The predicted molar refractivity (Wildman–Crippen MR) is 36.9 cm³/mol. The van der Waals surface area contributed by atoms with E-state index < -0.39 is 5.97 Å². The zero-order chi connectivity index (χ0) is 8.10. The van der Waals surface area contributed by atoms with Crippen molar-refractivity contribution >= 4 is 5.97 Å². The van der Waals surface area contributed by atoms with Crippen LogP contribution in [0.4, 0.5) is 0 Å². The standard InChI is InChI=1S/C7H12O4/c8-7(9)2-1-6-3-4-10-11-5-6/h6H,1-5H2,(H,8,9). The van der Waals surface area contributed by atoms with Gasteiger partial charge < -0.3 is 5.11 Å². The number of hydrogen-bond acceptors (Lipinski definition) is 3. The first-order valence-corrected chi connectivity index (χ1v) is 3.75. The molecule has 0 bridgehead atoms. The Bertz CT molecular complexity index is 128. The third-order valence-corrected chi connectivity index (χ3v) is 1.76. The van der Waals surface area contributed by atoms with Crippen LogP contribution in [0.2, 0.25) is 0 Å². The highest BCUT2D eigenvalue weighted by atomic mass is 17.2. The van der Waals surface area contributed by atoms with Crippen molar-refractivity contribution in [3.63, 3.8) is 0 Å². The van der Waals surface area contributed by atoms with Gasteiger partial charge in [0.2, 0.25) is 0 Å². The predicted octanol–water partition coefficient (Wildman–Crippen LogP) is 0.819. The monoisotopic (exact) mass is 160 g/mol. The van der Waals surface area contributed by atoms with Crippen LogP contribution in [0.1, 0.15) is 19.3 Å². The summed E-state index contributed by atoms with van der Waals surface area (Å²) in [6, 6.07) is 0. The molecule has 1 aliphatic heterocycles. The van der Waals surface area contributed by atoms with E-state index >= 15 is 0 Å². The fraction of sp³-hybridized carbons (Fsp3) is 0.857. The number of hydrogen-bond donors (Lipinski definition) is 1. The summed E-state index contributed by atoms with van der Waals surface area (Å²) < 4.78 is 0. The minimum absolute atomic E-state index is 0.230. The van der Waals surface area contributed by atoms with Gasteiger partial charge in [-0.25, -0.2) is 9.78 Å². The van der Waals surface area contributed by atoms with Gasteiger partial charge in [-0.05, 0) is 18.8 Å². The minimum Gasteiger partial charge on any atom is -0.481 e. The van der Waals surface area contributed by atoms with E-state index in [1.807, 2.05) is 0 Å². The fourth-order valence-corrected chi connectivity index (χ4v) is 1.06. The summed E-state index contributed by atoms with van der Waals surface area (Å²) in [5.41, 5.74) is 0. The molecule has 11 heavy (non-hydrogen) atoms. The molecule has 0 spiro atoms. The van der Waals surface area contributed by atoms with Crippen LogP contribution in [0.15, 0.2) is 0 Å². The van der Waals surface area contributed by atoms with E-state index in [1.165, 1.54) is 0 Å². The molecule has 64 valence electrons. The van der Waals surface area contributed by atoms with Crippen molar-refractivity contribution in [2.24, 2.45) is 5.92 Å². The van der Waals surface area contributed by atoms with Gasteiger partial charge in [-0.2, -0.15) is 0 Å². The van der Waals surface area contributed by atoms with Gasteiger partial charge in [0.05, 0.1) is 13.2 Å². The molecule has 0 amide bonds. The van der Waals surface area contributed by atoms with Crippen molar-refractivity contribution in [2.45, 2.75) is 19.3 Å². The normalized spacial score (nSPS) is 24.9. The first kappa shape index (κ1) is 8.49. The van der Waals surface area contributed by atoms with Crippen LogP contribution < -0.4 is 0 Å². The third kappa shape index (κ3) is 3.34. The highest BCUT2D eigenvalue weighted by Crippen LogP contribution is 2.15. The summed E-state index contributed by atoms with van der Waals surface area (Å²) in [6.07, 6.45) is 1.83. The summed E-state index contributed by atoms with van der Waals surface area (Å²) in [7, 11) is 0. The van der Waals surface area contributed by atoms with Crippen LogP contribution in [0.25, 0.3) is 0 Å². The molecule has 0 aromatic heterocycles. The van der Waals surface area contributed by atoms with Gasteiger partial charge in [0.25, 0.3) is 0 Å². The Hall–Kier alpha value is -0.610. The first-order chi connectivity index (χ1) is 5.29. The maximum atomic E-state index is 10.2. The molecular formula is C7H12O4. The fourth-order valence-electron chi connectivity index (χ4n) is 1.06. The molecule has 1 aliphatic rings. The van der Waals surface area contributed by atoms with Crippen LogP contribution in [0.3, 0.4) is 0 Å². The van der Waals surface area contributed by atoms with Crippen molar-refractivity contribution in [2.75, 3.05) is 13.2 Å². The molecule has 1 N–H and O–H groups in total. The average molecular weight is 160 g/mol. The Balaban J connectivity index is 2.09. The lowest BCUT2D eigenvalue weighted by Crippen LogP contribution is -2.19. The molecule has 1 heterocycles. The molecule has 1 rings (SSSR count). The maximum Gasteiger partial charge on any atom is 0.303 e. The molecule has 0 aliphatic carbocycles. The number of carbonyl (C=O) groups is 1. The van der Waals surface area contributed by atoms with Crippen LogP contribution in [0, 0.1) is 5.92 Å². The van der Waals surface area contributed by atoms with Gasteiger partial charge in [-0.1, -0.05) is 0 Å². The Labute approximate surface area is 65.0 Å². The second-order valence-electron chi connectivity index (χ2n) is 2.69. The van der Waals surface area contributed by atoms with E-state index in [0.717, 1.165) is 6.42 Å². The second-order valence-corrected chi connectivity index (χ2v) is 2.69. The molecule has 0 aromatic carbocycles. The quantitative estimate of drug-likeness (QED) is 0.621. The number of carboxylic acid groups (broad SMARTS) is 1. The van der Waals surface area contributed by atoms with Gasteiger partial charge in [0.15, 0.2) is 0 Å². The largest absolute Gasteiger partial charge is 0.481 e. The Kier molecular flexibility index (Phi) is 3.32. The SMILES string of the molecule is O=C(O)CCC1CCOOC1. The average Bonchev–Trinajstić information content (AvgIpc) is 2.03. The smallest absolute Gasteiger partial charge is 0.303 e. The van der Waals surface area contributed by atoms with Gasteiger partial charge in [0, 0.05) is 6.42 Å². The summed E-state index contributed by atoms with van der Waals surface area (Å²) >= 11 is 0. The lowest BCUT2D eigenvalue weighted by Gasteiger charge is -2.19. The molecule has 4 nitrogen and oxygen atoms in total. The summed E-state index contributed by atoms with van der Waals surface area (Å²) in [4.78, 5) is 19.6. The first-order valence-electron chi connectivity index (χ1n) is 3.75. The molecule has 1 unspecified atom stereocenters. The Morgan fingerprint density at radius 2 is 2.36 bits per heavy atom. The van der Waals surface area contributed by atoms with Crippen molar-refractivity contribution < 1.29 is 19.7 Å². The molecule has 4 heteroatoms. The van der Waals surface area contributed by atoms with Gasteiger partial charge in [-0.3, -0.25) is 4.79 Å². The van der Waals surface area contributed by atoms with E-state index in [4.69, 9.17) is 9.99 Å². The van der Waals surface area contributed by atoms with Gasteiger partial charge in [0.1, 0.15) is 0 Å². The Morgan fingerprint density at radius 1 is 1.55 bits per heavy atom. The summed E-state index contributed by atoms with van der Waals surface area (Å²) in [6.45, 7) is 1.12. The maximum absolute atomic E-state index is 10.2. The zero-order valence-electron chi connectivity index (χ0n) is 6.28. The van der Waals surface area contributed by atoms with Gasteiger partial charge >= 0.3 is 5.97 Å². The van der Waals surface area contributed by atoms with E-state index in [0.29, 0.717) is 25.6 Å². The van der Waals surface area contributed by atoms with E-state index in [2.05, 4.69) is 4.89 Å². The molecule has 0 saturated carbocycles. The van der Waals surface area contributed by atoms with Crippen LogP contribution in [0.5, 0.6) is 0 Å². The minimum atomic E-state index is -0.739. The molecule has 1 saturated heterocycles. The zero-order valence-corrected chi connectivity index (χ0v) is 6.28. The molecule has 0 radical (unpaired) electrons. The summed E-state index contributed by atoms with van der Waals surface area (Å²) in [5, 5.41) is 8.37. The van der Waals surface area contributed by atoms with Gasteiger partial charge in [-0.15, -0.1) is 0 Å². The van der Waals surface area contributed by atoms with Crippen molar-refractivity contribution in [3.05, 3.63) is 0 Å². The van der Waals surface area contributed by atoms with E-state index in [1.54, 1.807) is 0 Å². The van der Waals surface area contributed by atoms with Crippen LogP contribution >= 0.6 is 0 Å². The number of aliphatic carboxylic acids is 1. The van der Waals surface area contributed by atoms with Crippen molar-refractivity contribution in [1.29, 1.82) is 0 Å². The number of rotatable bonds is 3. The molecular weight excluding hydrogens is 148 g/mol. The highest BCUT2D eigenvalue weighted by molar-refractivity contribution is 5.66. The highest BCUT2D eigenvalue weighted by Gasteiger charge is 2.15. The second kappa shape index (κ2) is 4.31.